The second-order valence-corrected chi connectivity index (χ2v) is 13.9. The van der Waals surface area contributed by atoms with E-state index < -0.39 is 34.3 Å². The number of benzene rings is 4. The Morgan fingerprint density at radius 1 is 0.844 bits per heavy atom. The molecule has 0 bridgehead atoms. The highest BCUT2D eigenvalue weighted by atomic mass is 79.9. The largest absolute Gasteiger partial charge is 0.352 e. The molecule has 4 aromatic carbocycles. The van der Waals surface area contributed by atoms with Crippen LogP contribution in [0.1, 0.15) is 36.8 Å². The van der Waals surface area contributed by atoms with Crippen LogP contribution in [0.3, 0.4) is 0 Å². The lowest BCUT2D eigenvalue weighted by Crippen LogP contribution is -2.54. The predicted octanol–water partition coefficient (Wildman–Crippen LogP) is 6.48. The SMILES string of the molecule is O=C(NC1CCCC1)[C@H](Cc1ccccc1)N(Cc1cccc(Br)c1)C(=O)CN(c1ccccc1F)S(=O)(=O)c1ccccc1. The molecule has 1 fully saturated rings. The van der Waals surface area contributed by atoms with Gasteiger partial charge in [-0.1, -0.05) is 102 Å². The van der Waals surface area contributed by atoms with Crippen molar-refractivity contribution in [3.05, 3.63) is 131 Å². The number of sulfonamides is 1. The number of nitrogens with one attached hydrogen (secondary N) is 1. The lowest BCUT2D eigenvalue weighted by Gasteiger charge is -2.34. The quantitative estimate of drug-likeness (QED) is 0.184. The summed E-state index contributed by atoms with van der Waals surface area (Å²) in [5.41, 5.74) is 1.33. The van der Waals surface area contributed by atoms with E-state index in [2.05, 4.69) is 21.2 Å². The first-order valence-electron chi connectivity index (χ1n) is 14.9. The molecule has 45 heavy (non-hydrogen) atoms. The maximum atomic E-state index is 15.2. The lowest BCUT2D eigenvalue weighted by molar-refractivity contribution is -0.140. The number of carbonyl (C=O) groups excluding carboxylic acids is 2. The van der Waals surface area contributed by atoms with Crippen molar-refractivity contribution < 1.29 is 22.4 Å². The van der Waals surface area contributed by atoms with Gasteiger partial charge in [-0.3, -0.25) is 13.9 Å². The molecule has 1 saturated carbocycles. The highest BCUT2D eigenvalue weighted by molar-refractivity contribution is 9.10. The van der Waals surface area contributed by atoms with Crippen LogP contribution in [-0.2, 0) is 32.6 Å². The van der Waals surface area contributed by atoms with Gasteiger partial charge >= 0.3 is 0 Å². The highest BCUT2D eigenvalue weighted by Crippen LogP contribution is 2.28. The van der Waals surface area contributed by atoms with E-state index in [9.17, 15) is 18.0 Å². The topological polar surface area (TPSA) is 86.8 Å². The van der Waals surface area contributed by atoms with Crippen molar-refractivity contribution in [3.63, 3.8) is 0 Å². The smallest absolute Gasteiger partial charge is 0.264 e. The summed E-state index contributed by atoms with van der Waals surface area (Å²) in [7, 11) is -4.37. The van der Waals surface area contributed by atoms with Gasteiger partial charge < -0.3 is 10.2 Å². The summed E-state index contributed by atoms with van der Waals surface area (Å²) in [5.74, 6) is -1.74. The molecule has 1 aliphatic carbocycles. The van der Waals surface area contributed by atoms with Crippen molar-refractivity contribution in [1.82, 2.24) is 10.2 Å². The average molecular weight is 693 g/mol. The minimum atomic E-state index is -4.37. The number of hydrogen-bond acceptors (Lipinski definition) is 4. The molecule has 10 heteroatoms. The molecule has 0 aliphatic heterocycles. The summed E-state index contributed by atoms with van der Waals surface area (Å²) in [6.07, 6.45) is 3.97. The summed E-state index contributed by atoms with van der Waals surface area (Å²) >= 11 is 3.49. The number of hydrogen-bond donors (Lipinski definition) is 1. The molecule has 2 amide bonds. The van der Waals surface area contributed by atoms with Gasteiger partial charge in [0.05, 0.1) is 10.6 Å². The second-order valence-electron chi connectivity index (χ2n) is 11.1. The van der Waals surface area contributed by atoms with Crippen molar-refractivity contribution in [3.8, 4) is 0 Å². The Kier molecular flexibility index (Phi) is 10.7. The van der Waals surface area contributed by atoms with Gasteiger partial charge in [-0.2, -0.15) is 0 Å². The standard InChI is InChI=1S/C35H35BrFN3O4S/c36-28-15-11-14-27(22-28)24-39(33(23-26-12-3-1-4-13-26)35(42)38-29-16-7-8-17-29)34(41)25-40(32-21-10-9-20-31(32)37)45(43,44)30-18-5-2-6-19-30/h1-6,9-15,18-22,29,33H,7-8,16-17,23-25H2,(H,38,42)/t33-/m0/s1. The molecule has 0 spiro atoms. The van der Waals surface area contributed by atoms with Crippen molar-refractivity contribution in [1.29, 1.82) is 0 Å². The maximum Gasteiger partial charge on any atom is 0.264 e. The monoisotopic (exact) mass is 691 g/mol. The van der Waals surface area contributed by atoms with E-state index in [-0.39, 0.29) is 35.5 Å². The summed E-state index contributed by atoms with van der Waals surface area (Å²) in [5, 5.41) is 3.15. The third-order valence-electron chi connectivity index (χ3n) is 7.95. The fourth-order valence-corrected chi connectivity index (χ4v) is 7.53. The molecule has 234 valence electrons. The Labute approximate surface area is 272 Å². The van der Waals surface area contributed by atoms with Gasteiger partial charge in [-0.25, -0.2) is 12.8 Å². The molecule has 5 rings (SSSR count). The van der Waals surface area contributed by atoms with Crippen molar-refractivity contribution in [2.75, 3.05) is 10.8 Å². The molecule has 7 nitrogen and oxygen atoms in total. The maximum absolute atomic E-state index is 15.2. The van der Waals surface area contributed by atoms with Crippen LogP contribution in [0.25, 0.3) is 0 Å². The molecule has 0 saturated heterocycles. The molecular formula is C35H35BrFN3O4S. The van der Waals surface area contributed by atoms with Gasteiger partial charge in [0.15, 0.2) is 0 Å². The first-order valence-corrected chi connectivity index (χ1v) is 17.2. The van der Waals surface area contributed by atoms with Crippen molar-refractivity contribution >= 4 is 43.5 Å². The fraction of sp³-hybridized carbons (Fsp3) is 0.257. The predicted molar refractivity (Wildman–Crippen MR) is 176 cm³/mol. The van der Waals surface area contributed by atoms with Gasteiger partial charge in [-0.05, 0) is 60.4 Å². The van der Waals surface area contributed by atoms with Crippen LogP contribution in [0.2, 0.25) is 0 Å². The fourth-order valence-electron chi connectivity index (χ4n) is 5.64. The lowest BCUT2D eigenvalue weighted by atomic mass is 10.0. The molecule has 1 atom stereocenters. The van der Waals surface area contributed by atoms with E-state index in [4.69, 9.17) is 0 Å². The number of rotatable bonds is 12. The van der Waals surface area contributed by atoms with Gasteiger partial charge in [0.2, 0.25) is 11.8 Å². The Hall–Kier alpha value is -4.02. The van der Waals surface area contributed by atoms with Crippen LogP contribution in [-0.4, -0.2) is 43.8 Å². The van der Waals surface area contributed by atoms with E-state index in [0.717, 1.165) is 51.7 Å². The van der Waals surface area contributed by atoms with Crippen LogP contribution >= 0.6 is 15.9 Å². The number of para-hydroxylation sites is 1. The van der Waals surface area contributed by atoms with Gasteiger partial charge in [0, 0.05) is 23.5 Å². The normalized spacial score (nSPS) is 14.1. The molecule has 0 heterocycles. The molecule has 4 aromatic rings. The molecular weight excluding hydrogens is 657 g/mol. The van der Waals surface area contributed by atoms with Crippen molar-refractivity contribution in [2.24, 2.45) is 0 Å². The van der Waals surface area contributed by atoms with E-state index in [1.54, 1.807) is 18.2 Å². The van der Waals surface area contributed by atoms with Crippen LogP contribution in [0.15, 0.2) is 119 Å². The van der Waals surface area contributed by atoms with Gasteiger partial charge in [0.25, 0.3) is 10.0 Å². The third-order valence-corrected chi connectivity index (χ3v) is 10.2. The summed E-state index contributed by atoms with van der Waals surface area (Å²) < 4.78 is 44.8. The molecule has 1 aliphatic rings. The highest BCUT2D eigenvalue weighted by Gasteiger charge is 2.36. The Morgan fingerprint density at radius 3 is 2.13 bits per heavy atom. The number of halogens is 2. The Balaban J connectivity index is 1.57. The zero-order valence-electron chi connectivity index (χ0n) is 24.7. The van der Waals surface area contributed by atoms with Crippen LogP contribution in [0.4, 0.5) is 10.1 Å². The van der Waals surface area contributed by atoms with Gasteiger partial charge in [0.1, 0.15) is 18.4 Å². The van der Waals surface area contributed by atoms with E-state index in [1.807, 2.05) is 54.6 Å². The second kappa shape index (κ2) is 14.8. The molecule has 0 unspecified atom stereocenters. The third kappa shape index (κ3) is 8.18. The summed E-state index contributed by atoms with van der Waals surface area (Å²) in [4.78, 5) is 29.9. The molecule has 0 radical (unpaired) electrons. The minimum absolute atomic E-state index is 0.00645. The van der Waals surface area contributed by atoms with Crippen LogP contribution in [0, 0.1) is 5.82 Å². The van der Waals surface area contributed by atoms with Crippen LogP contribution < -0.4 is 9.62 Å². The molecule has 1 N–H and O–H groups in total. The first kappa shape index (κ1) is 32.4. The number of nitrogens with zero attached hydrogens (tertiary/aromatic N) is 2. The van der Waals surface area contributed by atoms with E-state index in [0.29, 0.717) is 0 Å². The van der Waals surface area contributed by atoms with Crippen LogP contribution in [0.5, 0.6) is 0 Å². The number of carbonyl (C=O) groups is 2. The summed E-state index contributed by atoms with van der Waals surface area (Å²) in [6.45, 7) is -0.682. The number of anilines is 1. The van der Waals surface area contributed by atoms with E-state index >= 15 is 4.39 Å². The number of amides is 2. The zero-order valence-corrected chi connectivity index (χ0v) is 27.1. The summed E-state index contributed by atoms with van der Waals surface area (Å²) in [6, 6.07) is 28.9. The zero-order chi connectivity index (χ0) is 31.8. The van der Waals surface area contributed by atoms with Crippen molar-refractivity contribution in [2.45, 2.75) is 55.6 Å². The average Bonchev–Trinajstić information content (AvgIpc) is 3.56. The van der Waals surface area contributed by atoms with Gasteiger partial charge in [-0.15, -0.1) is 0 Å². The van der Waals surface area contributed by atoms with E-state index in [1.165, 1.54) is 35.2 Å². The Morgan fingerprint density at radius 2 is 1.47 bits per heavy atom. The Bertz CT molecular complexity index is 1720. The molecule has 0 aromatic heterocycles. The first-order chi connectivity index (χ1) is 21.7. The minimum Gasteiger partial charge on any atom is -0.352 e.